The van der Waals surface area contributed by atoms with E-state index in [-0.39, 0.29) is 25.0 Å². The number of benzene rings is 1. The first-order valence-corrected chi connectivity index (χ1v) is 5.83. The number of nitro benzene ring substituents is 1. The van der Waals surface area contributed by atoms with Crippen LogP contribution in [0.4, 0.5) is 10.1 Å². The number of rotatable bonds is 6. The van der Waals surface area contributed by atoms with Crippen molar-refractivity contribution in [1.29, 1.82) is 0 Å². The van der Waals surface area contributed by atoms with Crippen LogP contribution in [0.2, 0.25) is 0 Å². The molecule has 1 rings (SSSR count). The first-order chi connectivity index (χ1) is 8.90. The van der Waals surface area contributed by atoms with Crippen molar-refractivity contribution in [3.63, 3.8) is 0 Å². The first kappa shape index (κ1) is 15.0. The third-order valence-electron chi connectivity index (χ3n) is 2.27. The molecule has 19 heavy (non-hydrogen) atoms. The summed E-state index contributed by atoms with van der Waals surface area (Å²) in [6.07, 6.45) is 0. The minimum atomic E-state index is -0.879. The van der Waals surface area contributed by atoms with Gasteiger partial charge < -0.3 is 10.6 Å². The highest BCUT2D eigenvalue weighted by atomic mass is 19.1. The fraction of sp³-hybridized carbons (Fsp3) is 0.417. The molecule has 0 saturated carbocycles. The van der Waals surface area contributed by atoms with Crippen molar-refractivity contribution in [2.45, 2.75) is 26.4 Å². The summed E-state index contributed by atoms with van der Waals surface area (Å²) in [5, 5.41) is 16.0. The van der Waals surface area contributed by atoms with Gasteiger partial charge in [0.2, 0.25) is 11.7 Å². The van der Waals surface area contributed by atoms with Crippen LogP contribution >= 0.6 is 0 Å². The lowest BCUT2D eigenvalue weighted by atomic mass is 10.2. The number of hydrogen-bond acceptors (Lipinski definition) is 4. The molecule has 0 unspecified atom stereocenters. The lowest BCUT2D eigenvalue weighted by molar-refractivity contribution is -0.387. The summed E-state index contributed by atoms with van der Waals surface area (Å²) in [5.74, 6) is -1.03. The Bertz CT molecular complexity index is 477. The second-order valence-corrected chi connectivity index (χ2v) is 4.37. The molecule has 0 heterocycles. The molecule has 1 aromatic carbocycles. The molecule has 0 aliphatic carbocycles. The number of carbonyl (C=O) groups excluding carboxylic acids is 1. The monoisotopic (exact) mass is 269 g/mol. The second-order valence-electron chi connectivity index (χ2n) is 4.37. The Balaban J connectivity index is 2.48. The third-order valence-corrected chi connectivity index (χ3v) is 2.27. The molecule has 0 aromatic heterocycles. The summed E-state index contributed by atoms with van der Waals surface area (Å²) in [7, 11) is 0. The number of nitro groups is 1. The molecule has 0 bridgehead atoms. The molecule has 104 valence electrons. The van der Waals surface area contributed by atoms with Gasteiger partial charge in [0, 0.05) is 18.7 Å². The van der Waals surface area contributed by atoms with Crippen molar-refractivity contribution in [1.82, 2.24) is 10.6 Å². The summed E-state index contributed by atoms with van der Waals surface area (Å²) in [5.41, 5.74) is -0.0123. The Morgan fingerprint density at radius 2 is 2.16 bits per heavy atom. The van der Waals surface area contributed by atoms with Crippen molar-refractivity contribution < 1.29 is 14.1 Å². The predicted molar refractivity (Wildman–Crippen MR) is 68.0 cm³/mol. The highest BCUT2D eigenvalue weighted by molar-refractivity contribution is 5.78. The van der Waals surface area contributed by atoms with Gasteiger partial charge in [0.25, 0.3) is 0 Å². The fourth-order valence-electron chi connectivity index (χ4n) is 1.50. The van der Waals surface area contributed by atoms with Gasteiger partial charge in [0.05, 0.1) is 11.5 Å². The molecule has 0 spiro atoms. The molecule has 0 atom stereocenters. The van der Waals surface area contributed by atoms with Gasteiger partial charge in [0.1, 0.15) is 0 Å². The van der Waals surface area contributed by atoms with Crippen molar-refractivity contribution in [2.24, 2.45) is 0 Å². The molecule has 0 aliphatic rings. The number of amides is 1. The summed E-state index contributed by atoms with van der Waals surface area (Å²) in [4.78, 5) is 21.0. The number of nitrogens with zero attached hydrogens (tertiary/aromatic N) is 1. The molecule has 1 amide bonds. The molecule has 0 aliphatic heterocycles. The maximum Gasteiger partial charge on any atom is 0.304 e. The summed E-state index contributed by atoms with van der Waals surface area (Å²) in [6.45, 7) is 4.07. The fourth-order valence-corrected chi connectivity index (χ4v) is 1.50. The zero-order valence-electron chi connectivity index (χ0n) is 10.8. The Morgan fingerprint density at radius 1 is 1.47 bits per heavy atom. The van der Waals surface area contributed by atoms with Crippen LogP contribution in [0.1, 0.15) is 19.4 Å². The molecular formula is C12H16FN3O3. The third kappa shape index (κ3) is 5.01. The van der Waals surface area contributed by atoms with E-state index < -0.39 is 16.4 Å². The SMILES string of the molecule is CC(C)NC(=O)CNCc1ccc([N+](=O)[O-])c(F)c1. The molecule has 0 saturated heterocycles. The molecule has 1 aromatic rings. The van der Waals surface area contributed by atoms with E-state index in [0.717, 1.165) is 12.1 Å². The Kier molecular flexibility index (Phi) is 5.37. The largest absolute Gasteiger partial charge is 0.353 e. The van der Waals surface area contributed by atoms with Crippen molar-refractivity contribution in [2.75, 3.05) is 6.54 Å². The zero-order valence-corrected chi connectivity index (χ0v) is 10.8. The molecule has 0 fully saturated rings. The summed E-state index contributed by atoms with van der Waals surface area (Å²) < 4.78 is 13.3. The van der Waals surface area contributed by atoms with Crippen molar-refractivity contribution >= 4 is 11.6 Å². The van der Waals surface area contributed by atoms with E-state index in [9.17, 15) is 19.3 Å². The van der Waals surface area contributed by atoms with Gasteiger partial charge in [-0.05, 0) is 25.5 Å². The van der Waals surface area contributed by atoms with Crippen LogP contribution in [0.15, 0.2) is 18.2 Å². The lowest BCUT2D eigenvalue weighted by Gasteiger charge is -2.09. The van der Waals surface area contributed by atoms with Crippen LogP contribution in [0.5, 0.6) is 0 Å². The van der Waals surface area contributed by atoms with Crippen LogP contribution < -0.4 is 10.6 Å². The van der Waals surface area contributed by atoms with Crippen LogP contribution in [-0.2, 0) is 11.3 Å². The molecule has 2 N–H and O–H groups in total. The van der Waals surface area contributed by atoms with Gasteiger partial charge in [-0.15, -0.1) is 0 Å². The van der Waals surface area contributed by atoms with Gasteiger partial charge >= 0.3 is 5.69 Å². The quantitative estimate of drug-likeness (QED) is 0.603. The molecule has 6 nitrogen and oxygen atoms in total. The summed E-state index contributed by atoms with van der Waals surface area (Å²) >= 11 is 0. The van der Waals surface area contributed by atoms with Gasteiger partial charge in [-0.1, -0.05) is 6.07 Å². The predicted octanol–water partition coefficient (Wildman–Crippen LogP) is 1.35. The molecule has 0 radical (unpaired) electrons. The molecule has 7 heteroatoms. The van der Waals surface area contributed by atoms with E-state index in [4.69, 9.17) is 0 Å². The van der Waals surface area contributed by atoms with Gasteiger partial charge in [-0.2, -0.15) is 4.39 Å². The van der Waals surface area contributed by atoms with E-state index in [1.165, 1.54) is 6.07 Å². The smallest absolute Gasteiger partial charge is 0.304 e. The number of halogens is 1. The van der Waals surface area contributed by atoms with Crippen molar-refractivity contribution in [3.05, 3.63) is 39.7 Å². The number of nitrogens with one attached hydrogen (secondary N) is 2. The number of hydrogen-bond donors (Lipinski definition) is 2. The molecular weight excluding hydrogens is 253 g/mol. The van der Waals surface area contributed by atoms with Crippen LogP contribution in [-0.4, -0.2) is 23.4 Å². The lowest BCUT2D eigenvalue weighted by Crippen LogP contribution is -2.37. The zero-order chi connectivity index (χ0) is 14.4. The topological polar surface area (TPSA) is 84.3 Å². The van der Waals surface area contributed by atoms with Gasteiger partial charge in [-0.3, -0.25) is 14.9 Å². The average Bonchev–Trinajstić information content (AvgIpc) is 2.27. The van der Waals surface area contributed by atoms with E-state index in [1.807, 2.05) is 13.8 Å². The highest BCUT2D eigenvalue weighted by Gasteiger charge is 2.13. The van der Waals surface area contributed by atoms with E-state index in [1.54, 1.807) is 0 Å². The van der Waals surface area contributed by atoms with Crippen LogP contribution in [0, 0.1) is 15.9 Å². The number of carbonyl (C=O) groups is 1. The highest BCUT2D eigenvalue weighted by Crippen LogP contribution is 2.17. The maximum atomic E-state index is 13.3. The van der Waals surface area contributed by atoms with Gasteiger partial charge in [0.15, 0.2) is 0 Å². The second kappa shape index (κ2) is 6.79. The van der Waals surface area contributed by atoms with Crippen molar-refractivity contribution in [3.8, 4) is 0 Å². The van der Waals surface area contributed by atoms with Gasteiger partial charge in [-0.25, -0.2) is 0 Å². The first-order valence-electron chi connectivity index (χ1n) is 5.83. The Labute approximate surface area is 110 Å². The standard InChI is InChI=1S/C12H16FN3O3/c1-8(2)15-12(17)7-14-6-9-3-4-11(16(18)19)10(13)5-9/h3-5,8,14H,6-7H2,1-2H3,(H,15,17). The maximum absolute atomic E-state index is 13.3. The summed E-state index contributed by atoms with van der Waals surface area (Å²) in [6, 6.07) is 3.71. The van der Waals surface area contributed by atoms with E-state index in [0.29, 0.717) is 5.56 Å². The van der Waals surface area contributed by atoms with Crippen LogP contribution in [0.25, 0.3) is 0 Å². The van der Waals surface area contributed by atoms with Crippen LogP contribution in [0.3, 0.4) is 0 Å². The Hall–Kier alpha value is -2.02. The normalized spacial score (nSPS) is 10.5. The minimum Gasteiger partial charge on any atom is -0.353 e. The Morgan fingerprint density at radius 3 is 2.68 bits per heavy atom. The minimum absolute atomic E-state index is 0.0612. The average molecular weight is 269 g/mol. The van der Waals surface area contributed by atoms with E-state index in [2.05, 4.69) is 10.6 Å². The van der Waals surface area contributed by atoms with E-state index >= 15 is 0 Å².